The molecule has 51 nitrogen and oxygen atoms in total. The van der Waals surface area contributed by atoms with Gasteiger partial charge in [0.05, 0.1) is 12.1 Å². The lowest BCUT2D eigenvalue weighted by Gasteiger charge is -2.28. The van der Waals surface area contributed by atoms with Crippen LogP contribution in [0.4, 0.5) is 4.79 Å². The largest absolute Gasteiger partial charge is 0.370 e. The van der Waals surface area contributed by atoms with E-state index in [1.165, 1.54) is 6.92 Å². The lowest BCUT2D eigenvalue weighted by molar-refractivity contribution is -0.136. The van der Waals surface area contributed by atoms with E-state index in [-0.39, 0.29) is 245 Å². The Morgan fingerprint density at radius 2 is 0.630 bits per heavy atom. The van der Waals surface area contributed by atoms with Gasteiger partial charge in [-0.05, 0) is 167 Å². The molecule has 2 rings (SSSR count). The fourth-order valence-electron chi connectivity index (χ4n) is 13.2. The molecule has 0 saturated carbocycles. The van der Waals surface area contributed by atoms with Crippen molar-refractivity contribution < 1.29 is 71.9 Å². The Morgan fingerprint density at radius 1 is 0.354 bits per heavy atom. The van der Waals surface area contributed by atoms with E-state index >= 15 is 4.79 Å². The monoisotopic (exact) mass is 1840 g/mol. The zero-order valence-electron chi connectivity index (χ0n) is 72.4. The molecular weight excluding hydrogens is 1700 g/mol. The Bertz CT molecular complexity index is 3730. The van der Waals surface area contributed by atoms with E-state index in [0.717, 1.165) is 18.6 Å². The summed E-state index contributed by atoms with van der Waals surface area (Å²) in [7, 11) is 0. The first-order valence-corrected chi connectivity index (χ1v) is 44.1. The smallest absolute Gasteiger partial charge is 0.315 e. The van der Waals surface area contributed by atoms with Crippen LogP contribution in [-0.4, -0.2) is 279 Å². The third kappa shape index (κ3) is 49.0. The number of unbranched alkanes of at least 4 members (excludes halogenated alkanes) is 4. The molecule has 127 heavy (non-hydrogen) atoms. The summed E-state index contributed by atoms with van der Waals surface area (Å²) >= 11 is 5.93. The molecule has 2 aliphatic rings. The van der Waals surface area contributed by atoms with Crippen molar-refractivity contribution >= 4 is 149 Å². The first-order valence-electron chi connectivity index (χ1n) is 42.5. The number of hydrogen-bond donors (Lipinski definition) is 31. The summed E-state index contributed by atoms with van der Waals surface area (Å²) < 4.78 is 0. The third-order valence-electron chi connectivity index (χ3n) is 19.8. The van der Waals surface area contributed by atoms with Crippen molar-refractivity contribution in [2.45, 2.75) is 264 Å². The van der Waals surface area contributed by atoms with Gasteiger partial charge in [0.25, 0.3) is 0 Å². The SMILES string of the molecule is CC(=O)N[C@@H](CCCN=C(N)N)C(=O)N[C@@H](CCCCN)C(=O)N[C@@H](CCCCN)C(=O)N[C@@H](CCCN=C(N)N)C(=O)N[C@@H](CCCN=C(N)N)C(=O)N[C@@H](CCC(N)=O)C(=O)N[C@@H](CCCN=C(N)N)C(=O)N[C@@H](CCCN=C(N)N)C(=O)N[C@@H](CCCN=C(N)N)C(=O)N[C@@H](CCCCNC(=O)CCCC[C@@H]1SC[C@@H]2NC(=O)N[C@@H]21)C(=O)N[C@@H](CS)C(N)=O. The molecule has 46 N–H and O–H groups in total. The lowest BCUT2D eigenvalue weighted by Crippen LogP contribution is -2.61. The summed E-state index contributed by atoms with van der Waals surface area (Å²) in [5.41, 5.74) is 90.1. The molecule has 53 heteroatoms. The second-order valence-electron chi connectivity index (χ2n) is 30.4. The van der Waals surface area contributed by atoms with Gasteiger partial charge in [0.1, 0.15) is 66.5 Å². The Balaban J connectivity index is 2.70. The topological polar surface area (TPSA) is 915 Å². The number of rotatable bonds is 68. The van der Waals surface area contributed by atoms with Gasteiger partial charge in [-0.3, -0.25) is 97.1 Å². The number of nitrogens with two attached hydrogens (primary N) is 16. The summed E-state index contributed by atoms with van der Waals surface area (Å²) in [6.07, 6.45) is 2.00. The van der Waals surface area contributed by atoms with Crippen molar-refractivity contribution in [3.05, 3.63) is 0 Å². The van der Waals surface area contributed by atoms with Gasteiger partial charge in [0.2, 0.25) is 82.7 Å². The number of carbonyl (C=O) groups excluding carboxylic acids is 15. The Morgan fingerprint density at radius 3 is 0.898 bits per heavy atom. The molecule has 14 atom stereocenters. The van der Waals surface area contributed by atoms with Gasteiger partial charge in [-0.15, -0.1) is 0 Å². The number of amides is 16. The van der Waals surface area contributed by atoms with Crippen LogP contribution in [0, 0.1) is 0 Å². The Hall–Kier alpha value is -11.9. The maximum Gasteiger partial charge on any atom is 0.315 e. The number of urea groups is 1. The van der Waals surface area contributed by atoms with Crippen molar-refractivity contribution in [3.63, 3.8) is 0 Å². The first-order chi connectivity index (χ1) is 60.3. The van der Waals surface area contributed by atoms with Crippen LogP contribution in [0.3, 0.4) is 0 Å². The van der Waals surface area contributed by atoms with E-state index in [1.54, 1.807) is 11.8 Å². The third-order valence-corrected chi connectivity index (χ3v) is 21.7. The molecule has 16 amide bonds. The average Bonchev–Trinajstić information content (AvgIpc) is 1.67. The predicted octanol–water partition coefficient (Wildman–Crippen LogP) is -11.4. The average molecular weight is 1840 g/mol. The molecule has 2 saturated heterocycles. The molecular formula is C74H140N36O15S2. The van der Waals surface area contributed by atoms with E-state index in [9.17, 15) is 67.1 Å². The van der Waals surface area contributed by atoms with E-state index in [2.05, 4.69) is 117 Å². The van der Waals surface area contributed by atoms with Gasteiger partial charge in [-0.2, -0.15) is 24.4 Å². The highest BCUT2D eigenvalue weighted by molar-refractivity contribution is 8.00. The van der Waals surface area contributed by atoms with Gasteiger partial charge in [-0.1, -0.05) is 6.42 Å². The van der Waals surface area contributed by atoms with Gasteiger partial charge < -0.3 is 166 Å². The second-order valence-corrected chi connectivity index (χ2v) is 32.1. The molecule has 0 bridgehead atoms. The van der Waals surface area contributed by atoms with Crippen LogP contribution in [-0.2, 0) is 67.1 Å². The molecule has 0 unspecified atom stereocenters. The van der Waals surface area contributed by atoms with Crippen molar-refractivity contribution in [3.8, 4) is 0 Å². The summed E-state index contributed by atoms with van der Waals surface area (Å²) in [5, 5.41) is 37.8. The van der Waals surface area contributed by atoms with Gasteiger partial charge >= 0.3 is 6.03 Å². The molecule has 0 aliphatic carbocycles. The molecule has 0 radical (unpaired) electrons. The minimum absolute atomic E-state index is 0.0118. The number of nitrogens with one attached hydrogen (secondary N) is 14. The molecule has 2 fully saturated rings. The first kappa shape index (κ1) is 111. The van der Waals surface area contributed by atoms with Crippen LogP contribution in [0.15, 0.2) is 30.0 Å². The highest BCUT2D eigenvalue weighted by atomic mass is 32.2. The van der Waals surface area contributed by atoms with Crippen molar-refractivity contribution in [2.75, 3.05) is 70.4 Å². The summed E-state index contributed by atoms with van der Waals surface area (Å²) in [4.78, 5) is 232. The normalized spacial score (nSPS) is 16.2. The van der Waals surface area contributed by atoms with Crippen molar-refractivity contribution in [2.24, 2.45) is 122 Å². The molecule has 0 aromatic rings. The predicted molar refractivity (Wildman–Crippen MR) is 484 cm³/mol. The van der Waals surface area contributed by atoms with Crippen molar-refractivity contribution in [1.82, 2.24) is 74.4 Å². The van der Waals surface area contributed by atoms with Crippen LogP contribution >= 0.6 is 24.4 Å². The van der Waals surface area contributed by atoms with E-state index < -0.39 is 156 Å². The number of aliphatic imine (C=N–C) groups is 6. The highest BCUT2D eigenvalue weighted by Crippen LogP contribution is 2.33. The summed E-state index contributed by atoms with van der Waals surface area (Å²) in [6.45, 7) is 1.39. The van der Waals surface area contributed by atoms with Crippen LogP contribution in [0.2, 0.25) is 0 Å². The van der Waals surface area contributed by atoms with Gasteiger partial charge in [0.15, 0.2) is 35.8 Å². The number of thiol groups is 1. The molecule has 2 heterocycles. The molecule has 718 valence electrons. The number of fused-ring (bicyclic) bond motifs is 1. The van der Waals surface area contributed by atoms with Gasteiger partial charge in [0, 0.05) is 82.3 Å². The Kier molecular flexibility index (Phi) is 55.2. The van der Waals surface area contributed by atoms with Gasteiger partial charge in [-0.25, -0.2) is 4.79 Å². The minimum atomic E-state index is -1.78. The van der Waals surface area contributed by atoms with E-state index in [1.807, 2.05) is 0 Å². The molecule has 0 spiro atoms. The van der Waals surface area contributed by atoms with Crippen LogP contribution in [0.5, 0.6) is 0 Å². The maximum atomic E-state index is 15.0. The van der Waals surface area contributed by atoms with Crippen LogP contribution < -0.4 is 166 Å². The lowest BCUT2D eigenvalue weighted by atomic mass is 10.0. The number of carbonyl (C=O) groups is 15. The van der Waals surface area contributed by atoms with E-state index in [4.69, 9.17) is 91.7 Å². The highest BCUT2D eigenvalue weighted by Gasteiger charge is 2.43. The fraction of sp³-hybridized carbons (Fsp3) is 0.716. The zero-order chi connectivity index (χ0) is 94.9. The number of nitrogens with zero attached hydrogens (tertiary/aromatic N) is 6. The van der Waals surface area contributed by atoms with Crippen LogP contribution in [0.25, 0.3) is 0 Å². The second kappa shape index (κ2) is 63.1. The quantitative estimate of drug-likeness (QED) is 0.00884. The van der Waals surface area contributed by atoms with Crippen LogP contribution in [0.1, 0.15) is 180 Å². The maximum absolute atomic E-state index is 15.0. The molecule has 0 aromatic heterocycles. The standard InChI is InChI=1S/C74H140N36O15S2/c1-40(111)98-41(19-10-32-92-68(79)80)58(115)99-42(16-4-7-29-75)59(116)100-43(17-5-8-30-76)60(117)102-46(21-12-34-94-70(83)84)62(119)105-49(24-15-37-97-73(89)90)65(122)107-50(27-28-54(77)112)67(124)106-48(23-14-36-96-72(87)88)64(121)104-47(22-13-35-95-71(85)86)63(120)103-45(20-11-33-93-69(81)82)61(118)101-44(66(123)108-51(38-126)57(78)114)18-6-9-31-91-55(113)26-3-2-25-53-56-52(39-127-53)109-74(125)110-56/h41-53,56,126H,2-39,75-76H2,1H3,(H2,77,112)(H2,78,114)(H,91,113)(H,98,111)(H,99,115)(H,100,116)(H,101,118)(H,102,117)(H,103,120)(H,104,121)(H,105,119)(H,106,124)(H,107,122)(H,108,123)(H4,79,80,92)(H4,81,82,93)(H4,83,84,94)(H4,85,86,95)(H4,87,88,96)(H4,89,90,97)(H2,109,110,125)/t41-,42-,43-,44-,45-,46-,47-,48-,49-,50-,51-,52-,53-,56-/m0/s1. The number of hydrogen-bond acceptors (Lipinski definition) is 25. The molecule has 2 aliphatic heterocycles. The summed E-state index contributed by atoms with van der Waals surface area (Å²) in [5.74, 6) is -13.5. The summed E-state index contributed by atoms with van der Waals surface area (Å²) in [6, 6.07) is -16.5. The number of thioether (sulfide) groups is 1. The van der Waals surface area contributed by atoms with E-state index in [0.29, 0.717) is 32.1 Å². The van der Waals surface area contributed by atoms with Crippen molar-refractivity contribution in [1.29, 1.82) is 0 Å². The number of primary amides is 2. The molecule has 0 aromatic carbocycles. The number of guanidine groups is 6. The fourth-order valence-corrected chi connectivity index (χ4v) is 15.0. The zero-order valence-corrected chi connectivity index (χ0v) is 74.1. The minimum Gasteiger partial charge on any atom is -0.370 e. The Labute approximate surface area is 748 Å².